The zero-order valence-corrected chi connectivity index (χ0v) is 16.4. The topological polar surface area (TPSA) is 97.0 Å². The molecule has 0 saturated carbocycles. The summed E-state index contributed by atoms with van der Waals surface area (Å²) in [6, 6.07) is 16.9. The maximum atomic E-state index is 11.5. The highest BCUT2D eigenvalue weighted by atomic mass is 32.2. The van der Waals surface area contributed by atoms with Gasteiger partial charge in [0.1, 0.15) is 11.5 Å². The molecule has 0 spiro atoms. The Morgan fingerprint density at radius 2 is 1.85 bits per heavy atom. The molecule has 7 nitrogen and oxygen atoms in total. The van der Waals surface area contributed by atoms with Gasteiger partial charge in [-0.15, -0.1) is 0 Å². The largest absolute Gasteiger partial charge is 0.457 e. The molecule has 2 aromatic carbocycles. The Hall–Kier alpha value is -2.58. The SMILES string of the molecule is CCN(CCCN=C(N)Nc1cccc(Oc2ccccc2)c1)S(C)(=O)=O. The molecule has 8 heteroatoms. The highest BCUT2D eigenvalue weighted by Gasteiger charge is 2.12. The van der Waals surface area contributed by atoms with Gasteiger partial charge in [-0.3, -0.25) is 4.99 Å². The molecule has 2 rings (SSSR count). The van der Waals surface area contributed by atoms with Gasteiger partial charge < -0.3 is 15.8 Å². The van der Waals surface area contributed by atoms with E-state index in [-0.39, 0.29) is 5.96 Å². The van der Waals surface area contributed by atoms with E-state index in [4.69, 9.17) is 10.5 Å². The third-order valence-electron chi connectivity index (χ3n) is 3.75. The highest BCUT2D eigenvalue weighted by Crippen LogP contribution is 2.23. The normalized spacial score (nSPS) is 12.2. The number of nitrogens with two attached hydrogens (primary N) is 1. The van der Waals surface area contributed by atoms with Crippen LogP contribution in [0.5, 0.6) is 11.5 Å². The number of nitrogens with zero attached hydrogens (tertiary/aromatic N) is 2. The van der Waals surface area contributed by atoms with Gasteiger partial charge in [0.2, 0.25) is 10.0 Å². The lowest BCUT2D eigenvalue weighted by Crippen LogP contribution is -2.31. The fourth-order valence-electron chi connectivity index (χ4n) is 2.45. The average Bonchev–Trinajstić information content (AvgIpc) is 2.62. The van der Waals surface area contributed by atoms with E-state index >= 15 is 0 Å². The molecule has 0 aliphatic heterocycles. The first kappa shape index (κ1) is 20.7. The Morgan fingerprint density at radius 3 is 2.52 bits per heavy atom. The van der Waals surface area contributed by atoms with Crippen LogP contribution in [0.1, 0.15) is 13.3 Å². The number of hydrogen-bond donors (Lipinski definition) is 2. The van der Waals surface area contributed by atoms with Crippen molar-refractivity contribution in [3.8, 4) is 11.5 Å². The minimum atomic E-state index is -3.17. The molecule has 0 amide bonds. The Balaban J connectivity index is 1.87. The Labute approximate surface area is 160 Å². The van der Waals surface area contributed by atoms with Crippen molar-refractivity contribution in [2.45, 2.75) is 13.3 Å². The molecule has 2 aromatic rings. The Bertz CT molecular complexity index is 854. The zero-order valence-electron chi connectivity index (χ0n) is 15.6. The summed E-state index contributed by atoms with van der Waals surface area (Å²) in [6.45, 7) is 3.12. The number of aliphatic imine (C=N–C) groups is 1. The maximum absolute atomic E-state index is 11.5. The Morgan fingerprint density at radius 1 is 1.15 bits per heavy atom. The van der Waals surface area contributed by atoms with Crippen molar-refractivity contribution in [2.24, 2.45) is 10.7 Å². The van der Waals surface area contributed by atoms with Crippen LogP contribution in [0.3, 0.4) is 0 Å². The summed E-state index contributed by atoms with van der Waals surface area (Å²) < 4.78 is 30.3. The molecular weight excluding hydrogens is 364 g/mol. The molecule has 0 saturated heterocycles. The summed E-state index contributed by atoms with van der Waals surface area (Å²) in [5.74, 6) is 1.71. The first-order chi connectivity index (χ1) is 12.9. The third kappa shape index (κ3) is 7.28. The van der Waals surface area contributed by atoms with E-state index in [1.165, 1.54) is 10.6 Å². The molecule has 0 aromatic heterocycles. The standard InChI is InChI=1S/C19H26N4O3S/c1-3-23(27(2,24)25)14-8-13-21-19(20)22-16-9-7-12-18(15-16)26-17-10-5-4-6-11-17/h4-7,9-12,15H,3,8,13-14H2,1-2H3,(H3,20,21,22). The lowest BCUT2D eigenvalue weighted by molar-refractivity contribution is 0.427. The molecule has 0 unspecified atom stereocenters. The number of guanidine groups is 1. The fraction of sp³-hybridized carbons (Fsp3) is 0.316. The van der Waals surface area contributed by atoms with Crippen molar-refractivity contribution in [1.82, 2.24) is 4.31 Å². The summed E-state index contributed by atoms with van der Waals surface area (Å²) >= 11 is 0. The van der Waals surface area contributed by atoms with Crippen molar-refractivity contribution in [2.75, 3.05) is 31.2 Å². The van der Waals surface area contributed by atoms with Crippen molar-refractivity contribution >= 4 is 21.7 Å². The molecule has 0 bridgehead atoms. The van der Waals surface area contributed by atoms with Gasteiger partial charge in [-0.05, 0) is 30.7 Å². The van der Waals surface area contributed by atoms with Crippen LogP contribution in [0.2, 0.25) is 0 Å². The fourth-order valence-corrected chi connectivity index (χ4v) is 3.38. The van der Waals surface area contributed by atoms with Gasteiger partial charge in [0.25, 0.3) is 0 Å². The smallest absolute Gasteiger partial charge is 0.211 e. The summed E-state index contributed by atoms with van der Waals surface area (Å²) in [6.07, 6.45) is 1.81. The monoisotopic (exact) mass is 390 g/mol. The molecule has 27 heavy (non-hydrogen) atoms. The van der Waals surface area contributed by atoms with Crippen LogP contribution >= 0.6 is 0 Å². The molecule has 0 atom stereocenters. The molecule has 0 heterocycles. The minimum Gasteiger partial charge on any atom is -0.457 e. The van der Waals surface area contributed by atoms with Crippen molar-refractivity contribution in [3.05, 3.63) is 54.6 Å². The van der Waals surface area contributed by atoms with E-state index in [1.807, 2.05) is 61.5 Å². The first-order valence-electron chi connectivity index (χ1n) is 8.73. The number of sulfonamides is 1. The van der Waals surface area contributed by atoms with E-state index in [0.29, 0.717) is 31.8 Å². The van der Waals surface area contributed by atoms with Gasteiger partial charge in [-0.25, -0.2) is 12.7 Å². The molecule has 3 N–H and O–H groups in total. The van der Waals surface area contributed by atoms with Gasteiger partial charge >= 0.3 is 0 Å². The van der Waals surface area contributed by atoms with Crippen LogP contribution in [0, 0.1) is 0 Å². The lowest BCUT2D eigenvalue weighted by atomic mass is 10.3. The third-order valence-corrected chi connectivity index (χ3v) is 5.13. The molecule has 146 valence electrons. The summed E-state index contributed by atoms with van der Waals surface area (Å²) in [5, 5.41) is 3.02. The number of rotatable bonds is 9. The summed E-state index contributed by atoms with van der Waals surface area (Å²) in [5.41, 5.74) is 6.67. The van der Waals surface area contributed by atoms with E-state index in [2.05, 4.69) is 10.3 Å². The number of anilines is 1. The van der Waals surface area contributed by atoms with Crippen LogP contribution in [0.25, 0.3) is 0 Å². The van der Waals surface area contributed by atoms with E-state index in [0.717, 1.165) is 11.4 Å². The van der Waals surface area contributed by atoms with E-state index in [9.17, 15) is 8.42 Å². The maximum Gasteiger partial charge on any atom is 0.211 e. The second-order valence-corrected chi connectivity index (χ2v) is 7.93. The van der Waals surface area contributed by atoms with Gasteiger partial charge in [0, 0.05) is 31.4 Å². The lowest BCUT2D eigenvalue weighted by Gasteiger charge is -2.16. The predicted molar refractivity (Wildman–Crippen MR) is 110 cm³/mol. The number of nitrogens with one attached hydrogen (secondary N) is 1. The number of benzene rings is 2. The zero-order chi connectivity index (χ0) is 19.7. The van der Waals surface area contributed by atoms with Crippen LogP contribution < -0.4 is 15.8 Å². The highest BCUT2D eigenvalue weighted by molar-refractivity contribution is 7.88. The molecule has 0 radical (unpaired) electrons. The Kier molecular flexibility index (Phi) is 7.63. The van der Waals surface area contributed by atoms with Crippen LogP contribution in [-0.4, -0.2) is 44.6 Å². The average molecular weight is 391 g/mol. The summed E-state index contributed by atoms with van der Waals surface area (Å²) in [4.78, 5) is 4.24. The van der Waals surface area contributed by atoms with Gasteiger partial charge in [-0.1, -0.05) is 31.2 Å². The second kappa shape index (κ2) is 9.94. The van der Waals surface area contributed by atoms with Crippen LogP contribution in [0.4, 0.5) is 5.69 Å². The van der Waals surface area contributed by atoms with Crippen molar-refractivity contribution in [1.29, 1.82) is 0 Å². The van der Waals surface area contributed by atoms with Gasteiger partial charge in [0.05, 0.1) is 6.26 Å². The van der Waals surface area contributed by atoms with Crippen molar-refractivity contribution in [3.63, 3.8) is 0 Å². The van der Waals surface area contributed by atoms with E-state index < -0.39 is 10.0 Å². The van der Waals surface area contributed by atoms with Crippen molar-refractivity contribution < 1.29 is 13.2 Å². The second-order valence-electron chi connectivity index (χ2n) is 5.94. The van der Waals surface area contributed by atoms with Crippen LogP contribution in [-0.2, 0) is 10.0 Å². The van der Waals surface area contributed by atoms with Gasteiger partial charge in [-0.2, -0.15) is 0 Å². The predicted octanol–water partition coefficient (Wildman–Crippen LogP) is 2.88. The number of para-hydroxylation sites is 1. The molecule has 0 fully saturated rings. The quantitative estimate of drug-likeness (QED) is 0.390. The minimum absolute atomic E-state index is 0.272. The summed E-state index contributed by atoms with van der Waals surface area (Å²) in [7, 11) is -3.17. The number of hydrogen-bond acceptors (Lipinski definition) is 4. The van der Waals surface area contributed by atoms with Crippen LogP contribution in [0.15, 0.2) is 59.6 Å². The van der Waals surface area contributed by atoms with Gasteiger partial charge in [0.15, 0.2) is 5.96 Å². The molecule has 0 aliphatic rings. The number of ether oxygens (including phenoxy) is 1. The first-order valence-corrected chi connectivity index (χ1v) is 10.6. The molecule has 0 aliphatic carbocycles. The van der Waals surface area contributed by atoms with E-state index in [1.54, 1.807) is 0 Å². The molecular formula is C19H26N4O3S.